The Morgan fingerprint density at radius 1 is 1.14 bits per heavy atom. The third-order valence-corrected chi connectivity index (χ3v) is 5.60. The lowest BCUT2D eigenvalue weighted by atomic mass is 10.0. The lowest BCUT2D eigenvalue weighted by molar-refractivity contribution is 0.124. The molecule has 122 valence electrons. The molecule has 1 aliphatic carbocycles. The van der Waals surface area contributed by atoms with E-state index in [1.54, 1.807) is 0 Å². The van der Waals surface area contributed by atoms with Crippen molar-refractivity contribution in [1.82, 2.24) is 10.2 Å². The van der Waals surface area contributed by atoms with Gasteiger partial charge in [-0.25, -0.2) is 0 Å². The minimum atomic E-state index is -0.0761. The largest absolute Gasteiger partial charge is 0.393 e. The third kappa shape index (κ3) is 4.23. The number of hydrogen-bond acceptors (Lipinski definition) is 3. The van der Waals surface area contributed by atoms with E-state index in [1.807, 2.05) is 12.1 Å². The van der Waals surface area contributed by atoms with Gasteiger partial charge in [0.2, 0.25) is 0 Å². The van der Waals surface area contributed by atoms with E-state index in [4.69, 9.17) is 11.6 Å². The van der Waals surface area contributed by atoms with Gasteiger partial charge in [-0.3, -0.25) is 4.90 Å². The molecule has 4 heteroatoms. The van der Waals surface area contributed by atoms with Crippen molar-refractivity contribution in [3.8, 4) is 0 Å². The van der Waals surface area contributed by atoms with E-state index in [0.29, 0.717) is 12.0 Å². The molecule has 2 unspecified atom stereocenters. The lowest BCUT2D eigenvalue weighted by Gasteiger charge is -2.33. The van der Waals surface area contributed by atoms with Gasteiger partial charge in [-0.1, -0.05) is 36.2 Å². The average molecular weight is 323 g/mol. The van der Waals surface area contributed by atoms with Crippen LogP contribution in [-0.2, 0) is 6.54 Å². The number of rotatable bonds is 5. The Labute approximate surface area is 138 Å². The lowest BCUT2D eigenvalue weighted by Crippen LogP contribution is -2.44. The molecule has 1 aliphatic heterocycles. The SMILES string of the molecule is OC1CCCC1CNC1CCN(Cc2ccccc2Cl)CC1. The van der Waals surface area contributed by atoms with E-state index >= 15 is 0 Å². The van der Waals surface area contributed by atoms with Crippen LogP contribution in [0.2, 0.25) is 5.02 Å². The van der Waals surface area contributed by atoms with Crippen molar-refractivity contribution < 1.29 is 5.11 Å². The predicted molar refractivity (Wildman–Crippen MR) is 91.1 cm³/mol. The summed E-state index contributed by atoms with van der Waals surface area (Å²) in [7, 11) is 0. The zero-order chi connectivity index (χ0) is 15.4. The second-order valence-electron chi connectivity index (χ2n) is 6.81. The Kier molecular flexibility index (Phi) is 5.75. The Hall–Kier alpha value is -0.610. The molecule has 0 spiro atoms. The maximum atomic E-state index is 9.89. The van der Waals surface area contributed by atoms with Gasteiger partial charge >= 0.3 is 0 Å². The Balaban J connectivity index is 1.40. The second-order valence-corrected chi connectivity index (χ2v) is 7.22. The number of aliphatic hydroxyl groups excluding tert-OH is 1. The quantitative estimate of drug-likeness (QED) is 0.874. The summed E-state index contributed by atoms with van der Waals surface area (Å²) in [6.45, 7) is 4.18. The monoisotopic (exact) mass is 322 g/mol. The van der Waals surface area contributed by atoms with E-state index in [2.05, 4.69) is 22.3 Å². The fourth-order valence-electron chi connectivity index (χ4n) is 3.74. The van der Waals surface area contributed by atoms with Crippen LogP contribution >= 0.6 is 11.6 Å². The smallest absolute Gasteiger partial charge is 0.0580 e. The molecule has 0 bridgehead atoms. The summed E-state index contributed by atoms with van der Waals surface area (Å²) >= 11 is 6.25. The summed E-state index contributed by atoms with van der Waals surface area (Å²) in [4.78, 5) is 2.49. The van der Waals surface area contributed by atoms with Crippen LogP contribution in [0, 0.1) is 5.92 Å². The summed E-state index contributed by atoms with van der Waals surface area (Å²) in [6.07, 6.45) is 5.65. The van der Waals surface area contributed by atoms with Gasteiger partial charge in [-0.05, 0) is 56.3 Å². The van der Waals surface area contributed by atoms with Gasteiger partial charge in [0.15, 0.2) is 0 Å². The van der Waals surface area contributed by atoms with E-state index in [0.717, 1.165) is 37.6 Å². The molecule has 2 aliphatic rings. The van der Waals surface area contributed by atoms with Crippen molar-refractivity contribution in [2.24, 2.45) is 5.92 Å². The molecule has 3 nitrogen and oxygen atoms in total. The molecule has 1 aromatic rings. The molecule has 0 radical (unpaired) electrons. The molecule has 1 heterocycles. The second kappa shape index (κ2) is 7.78. The Morgan fingerprint density at radius 3 is 2.59 bits per heavy atom. The maximum absolute atomic E-state index is 9.89. The first-order chi connectivity index (χ1) is 10.7. The van der Waals surface area contributed by atoms with Crippen LogP contribution in [0.25, 0.3) is 0 Å². The Bertz CT molecular complexity index is 474. The maximum Gasteiger partial charge on any atom is 0.0580 e. The number of piperidine rings is 1. The van der Waals surface area contributed by atoms with Crippen molar-refractivity contribution in [3.63, 3.8) is 0 Å². The summed E-state index contributed by atoms with van der Waals surface area (Å²) in [6, 6.07) is 8.74. The molecule has 1 saturated heterocycles. The molecular weight excluding hydrogens is 296 g/mol. The van der Waals surface area contributed by atoms with Crippen molar-refractivity contribution in [2.45, 2.75) is 50.8 Å². The van der Waals surface area contributed by atoms with Gasteiger partial charge in [0.05, 0.1) is 6.10 Å². The normalized spacial score (nSPS) is 27.4. The topological polar surface area (TPSA) is 35.5 Å². The fourth-order valence-corrected chi connectivity index (χ4v) is 3.93. The molecule has 0 amide bonds. The van der Waals surface area contributed by atoms with Gasteiger partial charge < -0.3 is 10.4 Å². The van der Waals surface area contributed by atoms with Crippen molar-refractivity contribution >= 4 is 11.6 Å². The zero-order valence-corrected chi connectivity index (χ0v) is 13.9. The molecule has 22 heavy (non-hydrogen) atoms. The first kappa shape index (κ1) is 16.3. The fraction of sp³-hybridized carbons (Fsp3) is 0.667. The summed E-state index contributed by atoms with van der Waals surface area (Å²) in [5.74, 6) is 0.473. The first-order valence-corrected chi connectivity index (χ1v) is 8.97. The van der Waals surface area contributed by atoms with E-state index in [-0.39, 0.29) is 6.10 Å². The molecular formula is C18H27ClN2O. The molecule has 0 aromatic heterocycles. The van der Waals surface area contributed by atoms with Gasteiger partial charge in [-0.2, -0.15) is 0 Å². The summed E-state index contributed by atoms with van der Waals surface area (Å²) in [5, 5.41) is 14.4. The summed E-state index contributed by atoms with van der Waals surface area (Å²) in [5.41, 5.74) is 1.23. The van der Waals surface area contributed by atoms with Crippen LogP contribution in [0.15, 0.2) is 24.3 Å². The van der Waals surface area contributed by atoms with Gasteiger partial charge in [0.25, 0.3) is 0 Å². The van der Waals surface area contributed by atoms with Crippen LogP contribution in [0.4, 0.5) is 0 Å². The number of nitrogens with one attached hydrogen (secondary N) is 1. The van der Waals surface area contributed by atoms with E-state index in [9.17, 15) is 5.11 Å². The van der Waals surface area contributed by atoms with Crippen molar-refractivity contribution in [3.05, 3.63) is 34.9 Å². The number of halogens is 1. The van der Waals surface area contributed by atoms with Crippen LogP contribution in [0.3, 0.4) is 0 Å². The summed E-state index contributed by atoms with van der Waals surface area (Å²) < 4.78 is 0. The predicted octanol–water partition coefficient (Wildman–Crippen LogP) is 3.06. The zero-order valence-electron chi connectivity index (χ0n) is 13.2. The van der Waals surface area contributed by atoms with Crippen LogP contribution in [-0.4, -0.2) is 41.8 Å². The number of aliphatic hydroxyl groups is 1. The average Bonchev–Trinajstić information content (AvgIpc) is 2.94. The van der Waals surface area contributed by atoms with Crippen LogP contribution in [0.1, 0.15) is 37.7 Å². The molecule has 2 fully saturated rings. The van der Waals surface area contributed by atoms with Gasteiger partial charge in [0.1, 0.15) is 0 Å². The van der Waals surface area contributed by atoms with Crippen LogP contribution in [0.5, 0.6) is 0 Å². The van der Waals surface area contributed by atoms with Crippen LogP contribution < -0.4 is 5.32 Å². The minimum Gasteiger partial charge on any atom is -0.393 e. The van der Waals surface area contributed by atoms with Gasteiger partial charge in [-0.15, -0.1) is 0 Å². The standard InChI is InChI=1S/C18H27ClN2O/c19-17-6-2-1-4-15(17)13-21-10-8-16(9-11-21)20-12-14-5-3-7-18(14)22/h1-2,4,6,14,16,18,20,22H,3,5,7-13H2. The molecule has 2 N–H and O–H groups in total. The highest BCUT2D eigenvalue weighted by molar-refractivity contribution is 6.31. The highest BCUT2D eigenvalue weighted by Crippen LogP contribution is 2.25. The van der Waals surface area contributed by atoms with Crippen molar-refractivity contribution in [2.75, 3.05) is 19.6 Å². The Morgan fingerprint density at radius 2 is 1.91 bits per heavy atom. The highest BCUT2D eigenvalue weighted by Gasteiger charge is 2.26. The number of likely N-dealkylation sites (tertiary alicyclic amines) is 1. The first-order valence-electron chi connectivity index (χ1n) is 8.59. The number of nitrogens with zero attached hydrogens (tertiary/aromatic N) is 1. The van der Waals surface area contributed by atoms with Crippen molar-refractivity contribution in [1.29, 1.82) is 0 Å². The molecule has 2 atom stereocenters. The molecule has 1 aromatic carbocycles. The number of benzene rings is 1. The molecule has 3 rings (SSSR count). The van der Waals surface area contributed by atoms with Gasteiger partial charge in [0, 0.05) is 24.2 Å². The highest BCUT2D eigenvalue weighted by atomic mass is 35.5. The third-order valence-electron chi connectivity index (χ3n) is 5.23. The van der Waals surface area contributed by atoms with E-state index < -0.39 is 0 Å². The minimum absolute atomic E-state index is 0.0761. The molecule has 1 saturated carbocycles. The van der Waals surface area contributed by atoms with E-state index in [1.165, 1.54) is 31.2 Å². The number of hydrogen-bond donors (Lipinski definition) is 2.